The molecule has 0 unspecified atom stereocenters. The third-order valence-electron chi connectivity index (χ3n) is 2.83. The summed E-state index contributed by atoms with van der Waals surface area (Å²) in [6, 6.07) is 0. The number of unbranched alkanes of at least 4 members (excludes halogenated alkanes) is 1. The molecule has 2 nitrogen and oxygen atoms in total. The van der Waals surface area contributed by atoms with Gasteiger partial charge in [-0.1, -0.05) is 5.57 Å². The highest BCUT2D eigenvalue weighted by Gasteiger charge is 2.16. The highest BCUT2D eigenvalue weighted by Crippen LogP contribution is 2.25. The normalized spacial score (nSPS) is 17.7. The van der Waals surface area contributed by atoms with Crippen molar-refractivity contribution in [2.24, 2.45) is 0 Å². The van der Waals surface area contributed by atoms with Gasteiger partial charge in [0.25, 0.3) is 0 Å². The molecule has 0 aliphatic heterocycles. The van der Waals surface area contributed by atoms with E-state index in [1.54, 1.807) is 7.11 Å². The van der Waals surface area contributed by atoms with Crippen molar-refractivity contribution in [3.05, 3.63) is 11.1 Å². The van der Waals surface area contributed by atoms with Gasteiger partial charge in [0.2, 0.25) is 0 Å². The summed E-state index contributed by atoms with van der Waals surface area (Å²) in [5, 5.41) is 0. The second-order valence-electron chi connectivity index (χ2n) is 3.99. The summed E-state index contributed by atoms with van der Waals surface area (Å²) in [6.45, 7) is 2.91. The Morgan fingerprint density at radius 3 is 2.71 bits per heavy atom. The summed E-state index contributed by atoms with van der Waals surface area (Å²) >= 11 is 0. The van der Waals surface area contributed by atoms with Gasteiger partial charge >= 0.3 is 0 Å². The quantitative estimate of drug-likeness (QED) is 0.632. The van der Waals surface area contributed by atoms with Crippen LogP contribution in [0.2, 0.25) is 0 Å². The van der Waals surface area contributed by atoms with E-state index in [1.807, 2.05) is 0 Å². The SMILES string of the molecule is COCCCCC1=C(C)CCCC1=O. The molecule has 0 fully saturated rings. The molecule has 0 spiro atoms. The van der Waals surface area contributed by atoms with Gasteiger partial charge in [0.05, 0.1) is 0 Å². The van der Waals surface area contributed by atoms with Crippen LogP contribution in [0.25, 0.3) is 0 Å². The molecule has 0 saturated heterocycles. The van der Waals surface area contributed by atoms with E-state index in [4.69, 9.17) is 4.74 Å². The molecule has 0 radical (unpaired) electrons. The maximum absolute atomic E-state index is 11.6. The van der Waals surface area contributed by atoms with Gasteiger partial charge in [0.1, 0.15) is 0 Å². The fourth-order valence-corrected chi connectivity index (χ4v) is 1.95. The predicted octanol–water partition coefficient (Wildman–Crippen LogP) is 2.87. The number of carbonyl (C=O) groups excluding carboxylic acids is 1. The van der Waals surface area contributed by atoms with Crippen LogP contribution in [0.5, 0.6) is 0 Å². The summed E-state index contributed by atoms with van der Waals surface area (Å²) < 4.78 is 4.98. The number of ether oxygens (including phenoxy) is 1. The average Bonchev–Trinajstić information content (AvgIpc) is 2.16. The number of allylic oxidation sites excluding steroid dienone is 2. The minimum Gasteiger partial charge on any atom is -0.385 e. The fourth-order valence-electron chi connectivity index (χ4n) is 1.95. The lowest BCUT2D eigenvalue weighted by atomic mass is 9.88. The molecular formula is C12H20O2. The number of hydrogen-bond acceptors (Lipinski definition) is 2. The van der Waals surface area contributed by atoms with Crippen LogP contribution in [-0.2, 0) is 9.53 Å². The molecule has 0 aromatic carbocycles. The minimum atomic E-state index is 0.381. The number of carbonyl (C=O) groups is 1. The molecule has 0 atom stereocenters. The smallest absolute Gasteiger partial charge is 0.158 e. The molecule has 14 heavy (non-hydrogen) atoms. The van der Waals surface area contributed by atoms with E-state index in [9.17, 15) is 4.79 Å². The Hall–Kier alpha value is -0.630. The van der Waals surface area contributed by atoms with E-state index in [0.29, 0.717) is 5.78 Å². The second-order valence-corrected chi connectivity index (χ2v) is 3.99. The first-order valence-corrected chi connectivity index (χ1v) is 5.46. The third kappa shape index (κ3) is 3.26. The average molecular weight is 196 g/mol. The van der Waals surface area contributed by atoms with E-state index >= 15 is 0 Å². The predicted molar refractivity (Wildman–Crippen MR) is 57.3 cm³/mol. The maximum atomic E-state index is 11.6. The lowest BCUT2D eigenvalue weighted by Crippen LogP contribution is -2.10. The Balaban J connectivity index is 2.37. The first-order chi connectivity index (χ1) is 6.75. The van der Waals surface area contributed by atoms with E-state index in [2.05, 4.69) is 6.92 Å². The van der Waals surface area contributed by atoms with Crippen LogP contribution >= 0.6 is 0 Å². The van der Waals surface area contributed by atoms with Gasteiger partial charge in [-0.25, -0.2) is 0 Å². The van der Waals surface area contributed by atoms with E-state index in [0.717, 1.165) is 50.7 Å². The molecule has 0 N–H and O–H groups in total. The minimum absolute atomic E-state index is 0.381. The van der Waals surface area contributed by atoms with Crippen molar-refractivity contribution in [1.82, 2.24) is 0 Å². The van der Waals surface area contributed by atoms with Crippen molar-refractivity contribution < 1.29 is 9.53 Å². The monoisotopic (exact) mass is 196 g/mol. The van der Waals surface area contributed by atoms with E-state index < -0.39 is 0 Å². The lowest BCUT2D eigenvalue weighted by Gasteiger charge is -2.16. The first kappa shape index (κ1) is 11.4. The van der Waals surface area contributed by atoms with Crippen LogP contribution < -0.4 is 0 Å². The van der Waals surface area contributed by atoms with Crippen LogP contribution in [0, 0.1) is 0 Å². The van der Waals surface area contributed by atoms with Gasteiger partial charge in [-0.2, -0.15) is 0 Å². The Morgan fingerprint density at radius 1 is 1.29 bits per heavy atom. The highest BCUT2D eigenvalue weighted by atomic mass is 16.5. The van der Waals surface area contributed by atoms with E-state index in [-0.39, 0.29) is 0 Å². The molecule has 0 aromatic rings. The molecule has 80 valence electrons. The zero-order valence-electron chi connectivity index (χ0n) is 9.27. The number of hydrogen-bond donors (Lipinski definition) is 0. The molecule has 0 saturated carbocycles. The number of rotatable bonds is 5. The molecular weight excluding hydrogens is 176 g/mol. The molecule has 1 rings (SSSR count). The lowest BCUT2D eigenvalue weighted by molar-refractivity contribution is -0.116. The molecule has 1 aliphatic carbocycles. The highest BCUT2D eigenvalue weighted by molar-refractivity contribution is 5.96. The fraction of sp³-hybridized carbons (Fsp3) is 0.750. The number of ketones is 1. The molecule has 0 heterocycles. The van der Waals surface area contributed by atoms with Crippen molar-refractivity contribution in [3.63, 3.8) is 0 Å². The zero-order chi connectivity index (χ0) is 10.4. The Morgan fingerprint density at radius 2 is 2.07 bits per heavy atom. The standard InChI is InChI=1S/C12H20O2/c1-10-6-5-8-12(13)11(10)7-3-4-9-14-2/h3-9H2,1-2H3. The Labute approximate surface area is 86.3 Å². The van der Waals surface area contributed by atoms with Crippen LogP contribution in [-0.4, -0.2) is 19.5 Å². The van der Waals surface area contributed by atoms with Gasteiger partial charge < -0.3 is 4.74 Å². The Kier molecular flexibility index (Phi) is 4.88. The van der Waals surface area contributed by atoms with Crippen molar-refractivity contribution in [2.45, 2.75) is 45.4 Å². The first-order valence-electron chi connectivity index (χ1n) is 5.46. The maximum Gasteiger partial charge on any atom is 0.158 e. The van der Waals surface area contributed by atoms with E-state index in [1.165, 1.54) is 5.57 Å². The summed E-state index contributed by atoms with van der Waals surface area (Å²) in [7, 11) is 1.72. The Bertz CT molecular complexity index is 228. The zero-order valence-corrected chi connectivity index (χ0v) is 9.27. The van der Waals surface area contributed by atoms with Gasteiger partial charge in [-0.05, 0) is 44.6 Å². The number of methoxy groups -OCH3 is 1. The van der Waals surface area contributed by atoms with Gasteiger partial charge in [-0.3, -0.25) is 4.79 Å². The van der Waals surface area contributed by atoms with Crippen molar-refractivity contribution in [1.29, 1.82) is 0 Å². The summed E-state index contributed by atoms with van der Waals surface area (Å²) in [6.07, 6.45) is 6.01. The van der Waals surface area contributed by atoms with Crippen LogP contribution in [0.4, 0.5) is 0 Å². The second kappa shape index (κ2) is 5.97. The van der Waals surface area contributed by atoms with Crippen molar-refractivity contribution in [3.8, 4) is 0 Å². The van der Waals surface area contributed by atoms with Crippen LogP contribution in [0.3, 0.4) is 0 Å². The molecule has 0 amide bonds. The van der Waals surface area contributed by atoms with Gasteiger partial charge in [-0.15, -0.1) is 0 Å². The largest absolute Gasteiger partial charge is 0.385 e. The number of Topliss-reactive ketones (excluding diaryl/α,β-unsaturated/α-hetero) is 1. The summed E-state index contributed by atoms with van der Waals surface area (Å²) in [5.74, 6) is 0.381. The van der Waals surface area contributed by atoms with Gasteiger partial charge in [0, 0.05) is 20.1 Å². The molecule has 2 heteroatoms. The van der Waals surface area contributed by atoms with Gasteiger partial charge in [0.15, 0.2) is 5.78 Å². The van der Waals surface area contributed by atoms with Crippen molar-refractivity contribution >= 4 is 5.78 Å². The van der Waals surface area contributed by atoms with Crippen LogP contribution in [0.15, 0.2) is 11.1 Å². The molecule has 0 bridgehead atoms. The molecule has 1 aliphatic rings. The summed E-state index contributed by atoms with van der Waals surface area (Å²) in [4.78, 5) is 11.6. The van der Waals surface area contributed by atoms with Crippen molar-refractivity contribution in [2.75, 3.05) is 13.7 Å². The molecule has 0 aromatic heterocycles. The summed E-state index contributed by atoms with van der Waals surface area (Å²) in [5.41, 5.74) is 2.42. The third-order valence-corrected chi connectivity index (χ3v) is 2.83. The van der Waals surface area contributed by atoms with Crippen LogP contribution in [0.1, 0.15) is 45.4 Å². The topological polar surface area (TPSA) is 26.3 Å².